The number of rotatable bonds is 5. The number of nitrogens with one attached hydrogen (secondary N) is 1. The minimum absolute atomic E-state index is 0.146. The quantitative estimate of drug-likeness (QED) is 0.540. The van der Waals surface area contributed by atoms with Crippen LogP contribution in [0, 0.1) is 24.6 Å². The highest BCUT2D eigenvalue weighted by Gasteiger charge is 2.47. The van der Waals surface area contributed by atoms with Crippen molar-refractivity contribution in [1.29, 1.82) is 0 Å². The molecule has 5 rings (SSSR count). The minimum Gasteiger partial charge on any atom is -0.366 e. The monoisotopic (exact) mass is 486 g/mol. The number of anilines is 1. The van der Waals surface area contributed by atoms with Crippen LogP contribution < -0.4 is 5.32 Å². The molecule has 0 unspecified atom stereocenters. The maximum atomic E-state index is 14.3. The van der Waals surface area contributed by atoms with E-state index >= 15 is 0 Å². The maximum absolute atomic E-state index is 14.3. The van der Waals surface area contributed by atoms with Crippen molar-refractivity contribution < 1.29 is 22.4 Å². The number of nitrogens with zero attached hydrogens (tertiary/aromatic N) is 5. The van der Waals surface area contributed by atoms with Crippen LogP contribution in [-0.4, -0.2) is 49.9 Å². The number of alkyl halides is 3. The highest BCUT2D eigenvalue weighted by atomic mass is 19.4. The van der Waals surface area contributed by atoms with Crippen molar-refractivity contribution in [2.45, 2.75) is 32.0 Å². The summed E-state index contributed by atoms with van der Waals surface area (Å²) < 4.78 is 52.8. The van der Waals surface area contributed by atoms with Gasteiger partial charge in [0.25, 0.3) is 5.91 Å². The van der Waals surface area contributed by atoms with Crippen molar-refractivity contribution in [2.24, 2.45) is 11.8 Å². The standard InChI is InChI=1S/C24H22F4N6O/c1-13-3-4-18(21-29-5-2-6-30-21)20(33-13)23(35)34-12-15-7-14(15)8-17(34)11-32-22-19(25)9-16(10-31-22)24(26,27)28/h2-6,9-10,14-15,17H,7-8,11-12H2,1H3,(H,31,32)/t14-,15+,17+/m1/s1. The molecular weight excluding hydrogens is 464 g/mol. The van der Waals surface area contributed by atoms with Gasteiger partial charge in [0.1, 0.15) is 5.69 Å². The van der Waals surface area contributed by atoms with Gasteiger partial charge in [-0.25, -0.2) is 24.3 Å². The lowest BCUT2D eigenvalue weighted by atomic mass is 10.00. The Hall–Kier alpha value is -3.63. The Morgan fingerprint density at radius 1 is 1.14 bits per heavy atom. The van der Waals surface area contributed by atoms with Gasteiger partial charge in [0, 0.05) is 43.4 Å². The summed E-state index contributed by atoms with van der Waals surface area (Å²) in [5.74, 6) is -0.405. The first kappa shape index (κ1) is 23.1. The zero-order valence-electron chi connectivity index (χ0n) is 18.8. The van der Waals surface area contributed by atoms with Gasteiger partial charge in [0.15, 0.2) is 17.5 Å². The Balaban J connectivity index is 1.39. The predicted octanol–water partition coefficient (Wildman–Crippen LogP) is 4.36. The molecule has 1 saturated carbocycles. The van der Waals surface area contributed by atoms with E-state index in [-0.39, 0.29) is 30.0 Å². The van der Waals surface area contributed by atoms with Crippen LogP contribution in [-0.2, 0) is 6.18 Å². The third-order valence-corrected chi connectivity index (χ3v) is 6.49. The summed E-state index contributed by atoms with van der Waals surface area (Å²) >= 11 is 0. The van der Waals surface area contributed by atoms with Crippen LogP contribution in [0.15, 0.2) is 42.9 Å². The Morgan fingerprint density at radius 2 is 1.91 bits per heavy atom. The normalized spacial score (nSPS) is 21.4. The number of aromatic nitrogens is 4. The molecule has 0 radical (unpaired) electrons. The molecule has 1 aliphatic heterocycles. The van der Waals surface area contributed by atoms with Gasteiger partial charge in [-0.3, -0.25) is 4.79 Å². The van der Waals surface area contributed by atoms with Gasteiger partial charge in [0.2, 0.25) is 0 Å². The molecule has 11 heteroatoms. The molecule has 4 heterocycles. The number of carbonyl (C=O) groups is 1. The van der Waals surface area contributed by atoms with Crippen LogP contribution >= 0.6 is 0 Å². The fourth-order valence-electron chi connectivity index (χ4n) is 4.56. The van der Waals surface area contributed by atoms with Crippen LogP contribution in [0.1, 0.15) is 34.6 Å². The van der Waals surface area contributed by atoms with Gasteiger partial charge in [0.05, 0.1) is 11.1 Å². The molecule has 3 aromatic rings. The lowest BCUT2D eigenvalue weighted by Crippen LogP contribution is -2.48. The molecular formula is C24H22F4N6O. The first-order valence-corrected chi connectivity index (χ1v) is 11.2. The van der Waals surface area contributed by atoms with E-state index in [0.717, 1.165) is 6.42 Å². The second-order valence-corrected chi connectivity index (χ2v) is 8.96. The van der Waals surface area contributed by atoms with E-state index in [0.29, 0.717) is 54.1 Å². The van der Waals surface area contributed by atoms with E-state index in [9.17, 15) is 22.4 Å². The SMILES string of the molecule is Cc1ccc(-c2ncccn2)c(C(=O)N2C[C@@H]3C[C@@H]3C[C@H]2CNc2ncc(C(F)(F)F)cc2F)n1. The number of aryl methyl sites for hydroxylation is 1. The summed E-state index contributed by atoms with van der Waals surface area (Å²) in [6, 6.07) is 5.35. The molecule has 0 spiro atoms. The Labute approximate surface area is 198 Å². The molecule has 0 aromatic carbocycles. The summed E-state index contributed by atoms with van der Waals surface area (Å²) in [5, 5.41) is 2.80. The molecule has 7 nitrogen and oxygen atoms in total. The average Bonchev–Trinajstić information content (AvgIpc) is 3.60. The number of likely N-dealkylation sites (tertiary alicyclic amines) is 1. The molecule has 0 bridgehead atoms. The minimum atomic E-state index is -4.68. The molecule has 1 saturated heterocycles. The van der Waals surface area contributed by atoms with Gasteiger partial charge < -0.3 is 10.2 Å². The summed E-state index contributed by atoms with van der Waals surface area (Å²) in [6.07, 6.45) is 0.794. The molecule has 1 N–H and O–H groups in total. The van der Waals surface area contributed by atoms with Crippen LogP contribution in [0.25, 0.3) is 11.4 Å². The number of carbonyl (C=O) groups excluding carboxylic acids is 1. The predicted molar refractivity (Wildman–Crippen MR) is 119 cm³/mol. The maximum Gasteiger partial charge on any atom is 0.417 e. The van der Waals surface area contributed by atoms with Crippen LogP contribution in [0.2, 0.25) is 0 Å². The number of piperidine rings is 1. The fourth-order valence-corrected chi connectivity index (χ4v) is 4.56. The fraction of sp³-hybridized carbons (Fsp3) is 0.375. The van der Waals surface area contributed by atoms with E-state index in [1.54, 1.807) is 42.4 Å². The van der Waals surface area contributed by atoms with Crippen molar-refractivity contribution in [1.82, 2.24) is 24.8 Å². The number of halogens is 4. The number of fused-ring (bicyclic) bond motifs is 1. The van der Waals surface area contributed by atoms with Crippen molar-refractivity contribution >= 4 is 11.7 Å². The number of hydrogen-bond donors (Lipinski definition) is 1. The second kappa shape index (κ2) is 8.86. The second-order valence-electron chi connectivity index (χ2n) is 8.96. The highest BCUT2D eigenvalue weighted by Crippen LogP contribution is 2.47. The first-order valence-electron chi connectivity index (χ1n) is 11.2. The molecule has 182 valence electrons. The molecule has 3 atom stereocenters. The summed E-state index contributed by atoms with van der Waals surface area (Å²) in [7, 11) is 0. The average molecular weight is 486 g/mol. The largest absolute Gasteiger partial charge is 0.417 e. The van der Waals surface area contributed by atoms with Crippen molar-refractivity contribution in [2.75, 3.05) is 18.4 Å². The number of hydrogen-bond acceptors (Lipinski definition) is 6. The van der Waals surface area contributed by atoms with Crippen molar-refractivity contribution in [3.63, 3.8) is 0 Å². The summed E-state index contributed by atoms with van der Waals surface area (Å²) in [6.45, 7) is 2.47. The van der Waals surface area contributed by atoms with Crippen molar-refractivity contribution in [3.8, 4) is 11.4 Å². The van der Waals surface area contributed by atoms with Gasteiger partial charge in [-0.2, -0.15) is 13.2 Å². The van der Waals surface area contributed by atoms with E-state index < -0.39 is 17.6 Å². The molecule has 35 heavy (non-hydrogen) atoms. The van der Waals surface area contributed by atoms with Crippen LogP contribution in [0.4, 0.5) is 23.4 Å². The van der Waals surface area contributed by atoms with Gasteiger partial charge in [-0.05, 0) is 55.9 Å². The number of amides is 1. The van der Waals surface area contributed by atoms with E-state index in [2.05, 4.69) is 25.3 Å². The Bertz CT molecular complexity index is 1250. The lowest BCUT2D eigenvalue weighted by molar-refractivity contribution is -0.138. The van der Waals surface area contributed by atoms with Crippen molar-refractivity contribution in [3.05, 3.63) is 65.6 Å². The van der Waals surface area contributed by atoms with Crippen LogP contribution in [0.5, 0.6) is 0 Å². The summed E-state index contributed by atoms with van der Waals surface area (Å²) in [4.78, 5) is 32.1. The smallest absolute Gasteiger partial charge is 0.366 e. The molecule has 2 fully saturated rings. The van der Waals surface area contributed by atoms with Gasteiger partial charge in [-0.1, -0.05) is 0 Å². The van der Waals surface area contributed by atoms with Gasteiger partial charge >= 0.3 is 6.18 Å². The molecule has 2 aliphatic rings. The lowest BCUT2D eigenvalue weighted by Gasteiger charge is -2.36. The summed E-state index contributed by atoms with van der Waals surface area (Å²) in [5.41, 5.74) is 0.262. The molecule has 1 amide bonds. The topological polar surface area (TPSA) is 83.9 Å². The van der Waals surface area contributed by atoms with Gasteiger partial charge in [-0.15, -0.1) is 0 Å². The Kier molecular flexibility index (Phi) is 5.86. The third kappa shape index (κ3) is 4.80. The van der Waals surface area contributed by atoms with E-state index in [1.165, 1.54) is 0 Å². The van der Waals surface area contributed by atoms with E-state index in [1.807, 2.05) is 0 Å². The van der Waals surface area contributed by atoms with Crippen LogP contribution in [0.3, 0.4) is 0 Å². The zero-order chi connectivity index (χ0) is 24.7. The third-order valence-electron chi connectivity index (χ3n) is 6.49. The first-order chi connectivity index (χ1) is 16.7. The molecule has 1 aliphatic carbocycles. The molecule has 3 aromatic heterocycles. The Morgan fingerprint density at radius 3 is 2.63 bits per heavy atom. The highest BCUT2D eigenvalue weighted by molar-refractivity contribution is 5.98. The number of pyridine rings is 2. The van der Waals surface area contributed by atoms with E-state index in [4.69, 9.17) is 0 Å². The zero-order valence-corrected chi connectivity index (χ0v) is 18.8.